The van der Waals surface area contributed by atoms with Gasteiger partial charge in [-0.1, -0.05) is 58.0 Å². The zero-order valence-electron chi connectivity index (χ0n) is 26.8. The van der Waals surface area contributed by atoms with Crippen molar-refractivity contribution in [2.75, 3.05) is 0 Å². The zero-order valence-corrected chi connectivity index (χ0v) is 26.8. The van der Waals surface area contributed by atoms with Crippen LogP contribution in [0.25, 0.3) is 65.9 Å². The summed E-state index contributed by atoms with van der Waals surface area (Å²) in [7, 11) is 0. The SMILES string of the molecule is CC(C)c1cccc(C(C)C)c1-c1cccc2c1c1ccc(Oc3ccc4c(c3)c3nccn3c3cccnc43)cc1c1nccn21. The van der Waals surface area contributed by atoms with Crippen molar-refractivity contribution < 1.29 is 4.74 Å². The molecule has 0 aliphatic rings. The Hall–Kier alpha value is -5.75. The van der Waals surface area contributed by atoms with Gasteiger partial charge in [-0.05, 0) is 94.1 Å². The van der Waals surface area contributed by atoms with Gasteiger partial charge >= 0.3 is 0 Å². The van der Waals surface area contributed by atoms with Crippen molar-refractivity contribution in [2.45, 2.75) is 39.5 Å². The highest BCUT2D eigenvalue weighted by Gasteiger charge is 2.21. The number of ether oxygens (including phenoxy) is 1. The van der Waals surface area contributed by atoms with Gasteiger partial charge in [0.25, 0.3) is 0 Å². The molecule has 5 heterocycles. The molecule has 4 aromatic carbocycles. The Bertz CT molecular complexity index is 2650. The fourth-order valence-electron chi connectivity index (χ4n) is 7.39. The molecule has 0 atom stereocenters. The number of nitrogens with zero attached hydrogens (tertiary/aromatic N) is 5. The number of fused-ring (bicyclic) bond motifs is 12. The van der Waals surface area contributed by atoms with Crippen LogP contribution in [0.5, 0.6) is 11.5 Å². The van der Waals surface area contributed by atoms with Gasteiger partial charge in [-0.2, -0.15) is 0 Å². The topological polar surface area (TPSA) is 56.7 Å². The van der Waals surface area contributed by atoms with Crippen molar-refractivity contribution in [3.63, 3.8) is 0 Å². The maximum Gasteiger partial charge on any atom is 0.145 e. The van der Waals surface area contributed by atoms with Crippen LogP contribution in [0, 0.1) is 0 Å². The predicted octanol–water partition coefficient (Wildman–Crippen LogP) is 10.7. The molecule has 0 fully saturated rings. The van der Waals surface area contributed by atoms with Crippen LogP contribution >= 0.6 is 0 Å². The molecule has 0 N–H and O–H groups in total. The maximum absolute atomic E-state index is 6.59. The van der Waals surface area contributed by atoms with Gasteiger partial charge in [0.2, 0.25) is 0 Å². The summed E-state index contributed by atoms with van der Waals surface area (Å²) in [6.07, 6.45) is 9.58. The van der Waals surface area contributed by atoms with Gasteiger partial charge in [0.1, 0.15) is 22.8 Å². The van der Waals surface area contributed by atoms with Crippen LogP contribution < -0.4 is 4.74 Å². The highest BCUT2D eigenvalue weighted by molar-refractivity contribution is 6.18. The van der Waals surface area contributed by atoms with Crippen molar-refractivity contribution in [1.29, 1.82) is 0 Å². The second kappa shape index (κ2) is 10.4. The third-order valence-electron chi connectivity index (χ3n) is 9.50. The van der Waals surface area contributed by atoms with Crippen LogP contribution in [0.1, 0.15) is 50.7 Å². The highest BCUT2D eigenvalue weighted by Crippen LogP contribution is 2.43. The van der Waals surface area contributed by atoms with Gasteiger partial charge in [0.15, 0.2) is 0 Å². The zero-order chi connectivity index (χ0) is 31.8. The summed E-state index contributed by atoms with van der Waals surface area (Å²) in [6.45, 7) is 9.14. The summed E-state index contributed by atoms with van der Waals surface area (Å²) in [5.74, 6) is 2.27. The number of imidazole rings is 2. The molecule has 47 heavy (non-hydrogen) atoms. The smallest absolute Gasteiger partial charge is 0.145 e. The van der Waals surface area contributed by atoms with Crippen molar-refractivity contribution in [2.24, 2.45) is 0 Å². The third kappa shape index (κ3) is 4.14. The van der Waals surface area contributed by atoms with Crippen LogP contribution in [0.3, 0.4) is 0 Å². The van der Waals surface area contributed by atoms with Crippen molar-refractivity contribution in [1.82, 2.24) is 23.8 Å². The number of benzene rings is 4. The summed E-state index contributed by atoms with van der Waals surface area (Å²) in [5.41, 5.74) is 10.2. The van der Waals surface area contributed by atoms with Gasteiger partial charge in [0, 0.05) is 52.5 Å². The average molecular weight is 612 g/mol. The van der Waals surface area contributed by atoms with Crippen LogP contribution in [0.4, 0.5) is 0 Å². The second-order valence-corrected chi connectivity index (χ2v) is 13.0. The van der Waals surface area contributed by atoms with E-state index in [0.717, 1.165) is 60.9 Å². The van der Waals surface area contributed by atoms with Crippen LogP contribution in [0.2, 0.25) is 0 Å². The van der Waals surface area contributed by atoms with Crippen LogP contribution in [-0.2, 0) is 0 Å². The first kappa shape index (κ1) is 27.6. The summed E-state index contributed by atoms with van der Waals surface area (Å²) in [5, 5.41) is 5.47. The minimum atomic E-state index is 0.390. The molecule has 0 aliphatic carbocycles. The Morgan fingerprint density at radius 3 is 1.83 bits per heavy atom. The second-order valence-electron chi connectivity index (χ2n) is 13.0. The van der Waals surface area contributed by atoms with E-state index in [9.17, 15) is 0 Å². The maximum atomic E-state index is 6.59. The number of hydrogen-bond donors (Lipinski definition) is 0. The van der Waals surface area contributed by atoms with E-state index < -0.39 is 0 Å². The lowest BCUT2D eigenvalue weighted by molar-refractivity contribution is 0.484. The molecular weight excluding hydrogens is 578 g/mol. The first-order valence-corrected chi connectivity index (χ1v) is 16.2. The Balaban J connectivity index is 1.25. The molecule has 0 aliphatic heterocycles. The molecule has 0 amide bonds. The van der Waals surface area contributed by atoms with Gasteiger partial charge in [-0.25, -0.2) is 9.97 Å². The summed E-state index contributed by atoms with van der Waals surface area (Å²) >= 11 is 0. The van der Waals surface area contributed by atoms with Crippen LogP contribution in [-0.4, -0.2) is 23.8 Å². The molecule has 9 rings (SSSR count). The standard InChI is InChI=1S/C41H33N5O/c1-24(2)28-8-5-9-29(25(3)4)37(28)32-10-6-11-35-38(32)30-15-13-26(22-33(30)40-43-18-20-45(35)40)47-27-14-16-31-34(23-27)41-44-19-21-46(41)36-12-7-17-42-39(31)36/h5-25H,1-4H3. The summed E-state index contributed by atoms with van der Waals surface area (Å²) in [6, 6.07) is 30.0. The molecule has 0 bridgehead atoms. The normalized spacial score (nSPS) is 12.2. The van der Waals surface area contributed by atoms with Gasteiger partial charge in [0.05, 0.1) is 16.6 Å². The van der Waals surface area contributed by atoms with Gasteiger partial charge in [-0.3, -0.25) is 13.8 Å². The average Bonchev–Trinajstić information content (AvgIpc) is 3.79. The minimum absolute atomic E-state index is 0.390. The molecule has 6 heteroatoms. The van der Waals surface area contributed by atoms with E-state index in [1.54, 1.807) is 0 Å². The lowest BCUT2D eigenvalue weighted by atomic mass is 9.83. The molecule has 0 saturated carbocycles. The number of hydrogen-bond acceptors (Lipinski definition) is 4. The highest BCUT2D eigenvalue weighted by atomic mass is 16.5. The van der Waals surface area contributed by atoms with E-state index in [0.29, 0.717) is 11.8 Å². The van der Waals surface area contributed by atoms with Gasteiger partial charge < -0.3 is 4.74 Å². The van der Waals surface area contributed by atoms with Crippen molar-refractivity contribution in [3.8, 4) is 22.6 Å². The Kier molecular flexibility index (Phi) is 6.09. The van der Waals surface area contributed by atoms with Gasteiger partial charge in [-0.15, -0.1) is 0 Å². The lowest BCUT2D eigenvalue weighted by Crippen LogP contribution is -2.01. The molecule has 5 aromatic heterocycles. The third-order valence-corrected chi connectivity index (χ3v) is 9.50. The molecule has 6 nitrogen and oxygen atoms in total. The molecule has 0 saturated heterocycles. The van der Waals surface area contributed by atoms with Crippen molar-refractivity contribution >= 4 is 54.8 Å². The fourth-order valence-corrected chi connectivity index (χ4v) is 7.39. The first-order chi connectivity index (χ1) is 23.0. The Morgan fingerprint density at radius 1 is 0.553 bits per heavy atom. The summed E-state index contributed by atoms with van der Waals surface area (Å²) in [4.78, 5) is 14.2. The van der Waals surface area contributed by atoms with E-state index >= 15 is 0 Å². The lowest BCUT2D eigenvalue weighted by Gasteiger charge is -2.22. The fraction of sp³-hybridized carbons (Fsp3) is 0.146. The van der Waals surface area contributed by atoms with Crippen molar-refractivity contribution in [3.05, 3.63) is 127 Å². The molecule has 9 aromatic rings. The number of pyridine rings is 3. The Labute approximate surface area is 271 Å². The Morgan fingerprint density at radius 2 is 1.15 bits per heavy atom. The molecular formula is C41H33N5O. The van der Waals surface area contributed by atoms with E-state index in [1.165, 1.54) is 27.6 Å². The minimum Gasteiger partial charge on any atom is -0.457 e. The monoisotopic (exact) mass is 611 g/mol. The predicted molar refractivity (Wildman–Crippen MR) is 192 cm³/mol. The first-order valence-electron chi connectivity index (χ1n) is 16.2. The number of aromatic nitrogens is 5. The molecule has 0 radical (unpaired) electrons. The number of rotatable bonds is 5. The van der Waals surface area contributed by atoms with Crippen LogP contribution in [0.15, 0.2) is 116 Å². The molecule has 0 unspecified atom stereocenters. The van der Waals surface area contributed by atoms with E-state index in [1.807, 2.05) is 36.9 Å². The van der Waals surface area contributed by atoms with E-state index in [4.69, 9.17) is 14.7 Å². The summed E-state index contributed by atoms with van der Waals surface area (Å²) < 4.78 is 10.9. The molecule has 228 valence electrons. The largest absolute Gasteiger partial charge is 0.457 e. The van der Waals surface area contributed by atoms with E-state index in [2.05, 4.69) is 120 Å². The molecule has 0 spiro atoms. The van der Waals surface area contributed by atoms with E-state index in [-0.39, 0.29) is 0 Å². The quantitative estimate of drug-likeness (QED) is 0.182.